The second-order valence-electron chi connectivity index (χ2n) is 9.89. The normalized spacial score (nSPS) is 22.7. The molecule has 3 aliphatic rings. The van der Waals surface area contributed by atoms with E-state index < -0.39 is 30.2 Å². The molecule has 12 heteroatoms. The van der Waals surface area contributed by atoms with Crippen molar-refractivity contribution in [1.82, 2.24) is 9.80 Å². The highest BCUT2D eigenvalue weighted by Gasteiger charge is 2.53. The Hall–Kier alpha value is -1.49. The van der Waals surface area contributed by atoms with Crippen molar-refractivity contribution in [3.05, 3.63) is 11.3 Å². The first-order valence-corrected chi connectivity index (χ1v) is 12.6. The van der Waals surface area contributed by atoms with E-state index in [-0.39, 0.29) is 41.8 Å². The molecule has 1 unspecified atom stereocenters. The summed E-state index contributed by atoms with van der Waals surface area (Å²) in [5.74, 6) is 0.00136. The fraction of sp³-hybridized carbons (Fsp3) is 0.739. The van der Waals surface area contributed by atoms with Crippen LogP contribution in [0.3, 0.4) is 0 Å². The Labute approximate surface area is 224 Å². The average Bonchev–Trinajstić information content (AvgIpc) is 2.77. The summed E-state index contributed by atoms with van der Waals surface area (Å²) < 4.78 is 10.2. The predicted molar refractivity (Wildman–Crippen MR) is 142 cm³/mol. The minimum absolute atomic E-state index is 0. The third-order valence-corrected chi connectivity index (χ3v) is 7.58. The second kappa shape index (κ2) is 13.7. The average molecular weight is 554 g/mol. The van der Waals surface area contributed by atoms with Crippen molar-refractivity contribution >= 4 is 60.8 Å². The molecule has 2 saturated heterocycles. The number of nitrogens with zero attached hydrogens (tertiary/aromatic N) is 3. The molecule has 1 amide bonds. The number of rotatable bonds is 8. The van der Waals surface area contributed by atoms with Crippen LogP contribution in [0.4, 0.5) is 0 Å². The molecule has 2 N–H and O–H groups in total. The maximum atomic E-state index is 12.9. The summed E-state index contributed by atoms with van der Waals surface area (Å²) in [7, 11) is 0. The van der Waals surface area contributed by atoms with Crippen molar-refractivity contribution in [3.63, 3.8) is 0 Å². The zero-order valence-corrected chi connectivity index (χ0v) is 23.3. The van der Waals surface area contributed by atoms with Crippen LogP contribution in [0, 0.1) is 11.3 Å². The van der Waals surface area contributed by atoms with Crippen LogP contribution in [-0.2, 0) is 23.9 Å². The van der Waals surface area contributed by atoms with Gasteiger partial charge in [-0.1, -0.05) is 0 Å². The highest BCUT2D eigenvalue weighted by Crippen LogP contribution is 2.41. The number of esters is 2. The van der Waals surface area contributed by atoms with E-state index in [1.807, 2.05) is 0 Å². The Morgan fingerprint density at radius 3 is 2.46 bits per heavy atom. The molecule has 0 radical (unpaired) electrons. The summed E-state index contributed by atoms with van der Waals surface area (Å²) >= 11 is 1.59. The van der Waals surface area contributed by atoms with Crippen molar-refractivity contribution < 1.29 is 23.9 Å². The van der Waals surface area contributed by atoms with Crippen molar-refractivity contribution in [2.45, 2.75) is 64.8 Å². The van der Waals surface area contributed by atoms with E-state index in [0.717, 1.165) is 50.4 Å². The van der Waals surface area contributed by atoms with Gasteiger partial charge in [0, 0.05) is 18.8 Å². The minimum atomic E-state index is -0.688. The number of likely N-dealkylation sites (tertiary alicyclic amines) is 1. The number of β-lactam (4-membered cyclic amide) rings is 1. The second-order valence-corrected chi connectivity index (χ2v) is 11.0. The van der Waals surface area contributed by atoms with E-state index in [4.69, 9.17) is 15.2 Å². The van der Waals surface area contributed by atoms with Crippen LogP contribution in [0.1, 0.15) is 53.4 Å². The maximum absolute atomic E-state index is 12.9. The molecule has 2 atom stereocenters. The van der Waals surface area contributed by atoms with Crippen molar-refractivity contribution in [3.8, 4) is 0 Å². The molecule has 0 spiro atoms. The Balaban J connectivity index is 0.00000306. The van der Waals surface area contributed by atoms with Crippen molar-refractivity contribution in [1.29, 1.82) is 0 Å². The minimum Gasteiger partial charge on any atom is -0.427 e. The van der Waals surface area contributed by atoms with Gasteiger partial charge >= 0.3 is 11.9 Å². The van der Waals surface area contributed by atoms with Gasteiger partial charge in [0.25, 0.3) is 5.91 Å². The molecule has 3 rings (SSSR count). The topological polar surface area (TPSA) is 115 Å². The molecule has 0 aliphatic carbocycles. The number of ether oxygens (including phenoxy) is 2. The molecule has 0 bridgehead atoms. The number of aliphatic imine (C=N–C) groups is 1. The van der Waals surface area contributed by atoms with E-state index in [1.165, 1.54) is 11.3 Å². The van der Waals surface area contributed by atoms with Gasteiger partial charge in [0.15, 0.2) is 6.04 Å². The number of thioether (sulfide) groups is 1. The standard InChI is InChI=1S/C23H36N4O5S.2ClH/c1-15-12-33-20-17(25-13-26-10-7-16(8-11-26)6-5-9-24)19(28)27(20)18(15)21(29)31-14-32-22(30)23(2,3)4;;/h13,16-17,20H,5-12,14,24H2,1-4H3;2*1H/t17?,20-;;/m1../s1. The number of hydrogen-bond donors (Lipinski definition) is 1. The van der Waals surface area contributed by atoms with Crippen LogP contribution in [0.25, 0.3) is 0 Å². The van der Waals surface area contributed by atoms with Crippen molar-refractivity contribution in [2.24, 2.45) is 22.1 Å². The van der Waals surface area contributed by atoms with Gasteiger partial charge in [0.1, 0.15) is 11.1 Å². The lowest BCUT2D eigenvalue weighted by Gasteiger charge is -2.47. The lowest BCUT2D eigenvalue weighted by Crippen LogP contribution is -2.64. The van der Waals surface area contributed by atoms with Crippen LogP contribution in [-0.4, -0.2) is 77.6 Å². The number of carbonyl (C=O) groups is 3. The summed E-state index contributed by atoms with van der Waals surface area (Å²) in [6.07, 6.45) is 6.28. The first-order chi connectivity index (χ1) is 15.6. The Bertz CT molecular complexity index is 825. The van der Waals surface area contributed by atoms with Gasteiger partial charge in [-0.25, -0.2) is 4.79 Å². The quantitative estimate of drug-likeness (QED) is 0.161. The number of hydrogen-bond acceptors (Lipinski definition) is 8. The SMILES string of the molecule is CC1=C(C(=O)OCOC(=O)C(C)(C)C)N2C(=O)C(N=CN3CCC(CCCN)CC3)[C@H]2SC1.Cl.Cl. The number of nitrogens with two attached hydrogens (primary N) is 1. The molecule has 0 saturated carbocycles. The number of amides is 1. The summed E-state index contributed by atoms with van der Waals surface area (Å²) in [6, 6.07) is -0.500. The Kier molecular flexibility index (Phi) is 12.4. The predicted octanol–water partition coefficient (Wildman–Crippen LogP) is 2.96. The van der Waals surface area contributed by atoms with Crippen molar-refractivity contribution in [2.75, 3.05) is 32.2 Å². The van der Waals surface area contributed by atoms with E-state index >= 15 is 0 Å². The van der Waals surface area contributed by atoms with Gasteiger partial charge in [0.05, 0.1) is 11.8 Å². The van der Waals surface area contributed by atoms with Crippen LogP contribution in [0.5, 0.6) is 0 Å². The van der Waals surface area contributed by atoms with Crippen LogP contribution in [0.2, 0.25) is 0 Å². The summed E-state index contributed by atoms with van der Waals surface area (Å²) in [5, 5.41) is -0.223. The molecule has 0 aromatic carbocycles. The third kappa shape index (κ3) is 7.74. The highest BCUT2D eigenvalue weighted by atomic mass is 35.5. The largest absolute Gasteiger partial charge is 0.427 e. The van der Waals surface area contributed by atoms with E-state index in [2.05, 4.69) is 9.89 Å². The van der Waals surface area contributed by atoms with E-state index in [1.54, 1.807) is 45.8 Å². The monoisotopic (exact) mass is 552 g/mol. The highest BCUT2D eigenvalue weighted by molar-refractivity contribution is 8.00. The lowest BCUT2D eigenvalue weighted by molar-refractivity contribution is -0.173. The molecule has 35 heavy (non-hydrogen) atoms. The van der Waals surface area contributed by atoms with Gasteiger partial charge in [-0.05, 0) is 71.4 Å². The molecule has 200 valence electrons. The molecular weight excluding hydrogens is 515 g/mol. The number of piperidine rings is 1. The zero-order valence-electron chi connectivity index (χ0n) is 20.9. The maximum Gasteiger partial charge on any atom is 0.357 e. The van der Waals surface area contributed by atoms with Crippen LogP contribution in [0.15, 0.2) is 16.3 Å². The van der Waals surface area contributed by atoms with E-state index in [9.17, 15) is 14.4 Å². The van der Waals surface area contributed by atoms with Gasteiger partial charge in [-0.2, -0.15) is 0 Å². The smallest absolute Gasteiger partial charge is 0.357 e. The number of carbonyl (C=O) groups excluding carboxylic acids is 3. The molecule has 0 aromatic rings. The zero-order chi connectivity index (χ0) is 24.2. The first-order valence-electron chi connectivity index (χ1n) is 11.6. The third-order valence-electron chi connectivity index (χ3n) is 6.17. The summed E-state index contributed by atoms with van der Waals surface area (Å²) in [6.45, 7) is 9.10. The van der Waals surface area contributed by atoms with Gasteiger partial charge in [-0.3, -0.25) is 19.5 Å². The van der Waals surface area contributed by atoms with Crippen LogP contribution < -0.4 is 5.73 Å². The van der Waals surface area contributed by atoms with Gasteiger partial charge in [0.2, 0.25) is 6.79 Å². The fourth-order valence-electron chi connectivity index (χ4n) is 4.10. The molecule has 2 fully saturated rings. The molecule has 3 heterocycles. The Morgan fingerprint density at radius 1 is 1.20 bits per heavy atom. The Morgan fingerprint density at radius 2 is 1.86 bits per heavy atom. The number of halogens is 2. The summed E-state index contributed by atoms with van der Waals surface area (Å²) in [4.78, 5) is 45.6. The lowest BCUT2D eigenvalue weighted by atomic mass is 9.92. The van der Waals surface area contributed by atoms with E-state index in [0.29, 0.717) is 5.75 Å². The molecular formula is C23H38Cl2N4O5S. The summed E-state index contributed by atoms with van der Waals surface area (Å²) in [5.41, 5.74) is 5.92. The molecule has 3 aliphatic heterocycles. The number of fused-ring (bicyclic) bond motifs is 1. The fourth-order valence-corrected chi connectivity index (χ4v) is 5.38. The molecule has 9 nitrogen and oxygen atoms in total. The first kappa shape index (κ1) is 31.5. The van der Waals surface area contributed by atoms with Crippen LogP contribution >= 0.6 is 36.6 Å². The molecule has 0 aromatic heterocycles. The van der Waals surface area contributed by atoms with Gasteiger partial charge in [-0.15, -0.1) is 36.6 Å². The van der Waals surface area contributed by atoms with Gasteiger partial charge < -0.3 is 20.1 Å².